The number of rotatable bonds is 3. The van der Waals surface area contributed by atoms with Crippen LogP contribution in [-0.2, 0) is 22.6 Å². The van der Waals surface area contributed by atoms with Crippen molar-refractivity contribution >= 4 is 22.1 Å². The van der Waals surface area contributed by atoms with Crippen molar-refractivity contribution in [2.75, 3.05) is 12.0 Å². The van der Waals surface area contributed by atoms with E-state index in [9.17, 15) is 21.6 Å². The molecule has 0 aliphatic carbocycles. The second-order valence-electron chi connectivity index (χ2n) is 3.29. The maximum atomic E-state index is 12.2. The van der Waals surface area contributed by atoms with E-state index in [0.717, 1.165) is 17.0 Å². The van der Waals surface area contributed by atoms with Crippen molar-refractivity contribution in [2.45, 2.75) is 12.7 Å². The summed E-state index contributed by atoms with van der Waals surface area (Å²) in [4.78, 5) is 0. The molecule has 1 aromatic heterocycles. The van der Waals surface area contributed by atoms with Gasteiger partial charge >= 0.3 is 6.18 Å². The van der Waals surface area contributed by atoms with E-state index >= 15 is 0 Å². The van der Waals surface area contributed by atoms with Gasteiger partial charge in [0.15, 0.2) is 0 Å². The first kappa shape index (κ1) is 13.2. The Bertz CT molecular complexity index is 527. The highest BCUT2D eigenvalue weighted by Gasteiger charge is 2.32. The number of hydrogen-bond donors (Lipinski definition) is 1. The standard InChI is InChI=1S/C7H9F3N2O2S2/c1-16(13,14)3-2-12-6(15)4-5(11-12)7(8,9)10/h4,11H,2-3H2,1H3. The Morgan fingerprint density at radius 2 is 2.06 bits per heavy atom. The summed E-state index contributed by atoms with van der Waals surface area (Å²) in [5.41, 5.74) is -0.981. The van der Waals surface area contributed by atoms with Gasteiger partial charge in [-0.25, -0.2) is 8.42 Å². The summed E-state index contributed by atoms with van der Waals surface area (Å²) in [5.74, 6) is -0.265. The Balaban J connectivity index is 2.92. The van der Waals surface area contributed by atoms with Crippen molar-refractivity contribution in [3.8, 4) is 0 Å². The fourth-order valence-corrected chi connectivity index (χ4v) is 1.77. The first-order valence-corrected chi connectivity index (χ1v) is 6.61. The average Bonchev–Trinajstić information content (AvgIpc) is 2.41. The largest absolute Gasteiger partial charge is 0.432 e. The van der Waals surface area contributed by atoms with Gasteiger partial charge in [0, 0.05) is 12.3 Å². The van der Waals surface area contributed by atoms with Gasteiger partial charge in [-0.15, -0.1) is 0 Å². The highest BCUT2D eigenvalue weighted by Crippen LogP contribution is 2.27. The fourth-order valence-electron chi connectivity index (χ4n) is 1.00. The van der Waals surface area contributed by atoms with Crippen LogP contribution in [0.25, 0.3) is 0 Å². The molecule has 0 spiro atoms. The quantitative estimate of drug-likeness (QED) is 0.852. The van der Waals surface area contributed by atoms with Crippen molar-refractivity contribution in [2.24, 2.45) is 0 Å². The fraction of sp³-hybridized carbons (Fsp3) is 0.571. The molecule has 4 nitrogen and oxygen atoms in total. The molecule has 0 aromatic carbocycles. The Kier molecular flexibility index (Phi) is 3.48. The number of aromatic nitrogens is 2. The lowest BCUT2D eigenvalue weighted by molar-refractivity contribution is -0.141. The van der Waals surface area contributed by atoms with E-state index in [1.807, 2.05) is 5.10 Å². The zero-order chi connectivity index (χ0) is 12.6. The molecule has 1 rings (SSSR count). The maximum Gasteiger partial charge on any atom is 0.432 e. The van der Waals surface area contributed by atoms with Crippen LogP contribution in [0.1, 0.15) is 5.69 Å². The number of nitrogens with zero attached hydrogens (tertiary/aromatic N) is 1. The number of H-pyrrole nitrogens is 1. The topological polar surface area (TPSA) is 54.9 Å². The van der Waals surface area contributed by atoms with E-state index in [-0.39, 0.29) is 16.9 Å². The van der Waals surface area contributed by atoms with Gasteiger partial charge in [0.1, 0.15) is 20.2 Å². The monoisotopic (exact) mass is 274 g/mol. The van der Waals surface area contributed by atoms with E-state index in [4.69, 9.17) is 0 Å². The average molecular weight is 274 g/mol. The minimum absolute atomic E-state index is 0.0732. The van der Waals surface area contributed by atoms with Crippen LogP contribution in [0.5, 0.6) is 0 Å². The lowest BCUT2D eigenvalue weighted by atomic mass is 10.4. The molecule has 1 heterocycles. The number of sulfone groups is 1. The highest BCUT2D eigenvalue weighted by atomic mass is 32.2. The molecule has 0 aliphatic heterocycles. The van der Waals surface area contributed by atoms with E-state index in [1.54, 1.807) is 0 Å². The van der Waals surface area contributed by atoms with Gasteiger partial charge in [0.05, 0.1) is 12.3 Å². The molecular formula is C7H9F3N2O2S2. The third kappa shape index (κ3) is 3.63. The molecule has 92 valence electrons. The molecule has 0 aliphatic rings. The summed E-state index contributed by atoms with van der Waals surface area (Å²) < 4.78 is 59.3. The van der Waals surface area contributed by atoms with Crippen LogP contribution in [0.2, 0.25) is 0 Å². The predicted molar refractivity (Wildman–Crippen MR) is 54.3 cm³/mol. The molecule has 9 heteroatoms. The number of halogens is 3. The molecule has 1 N–H and O–H groups in total. The first-order chi connectivity index (χ1) is 7.09. The van der Waals surface area contributed by atoms with Crippen LogP contribution >= 0.6 is 12.2 Å². The zero-order valence-electron chi connectivity index (χ0n) is 8.21. The third-order valence-corrected chi connectivity index (χ3v) is 3.04. The van der Waals surface area contributed by atoms with Crippen molar-refractivity contribution in [3.63, 3.8) is 0 Å². The Labute approximate surface area is 95.0 Å². The van der Waals surface area contributed by atoms with Crippen LogP contribution < -0.4 is 0 Å². The minimum atomic E-state index is -4.51. The van der Waals surface area contributed by atoms with Gasteiger partial charge in [-0.3, -0.25) is 9.78 Å². The normalized spacial score (nSPS) is 13.0. The van der Waals surface area contributed by atoms with Crippen molar-refractivity contribution in [1.29, 1.82) is 0 Å². The summed E-state index contributed by atoms with van der Waals surface area (Å²) in [5, 5.41) is 2.02. The van der Waals surface area contributed by atoms with Crippen molar-refractivity contribution in [3.05, 3.63) is 16.4 Å². The summed E-state index contributed by atoms with van der Waals surface area (Å²) in [6, 6.07) is 0.762. The molecule has 0 saturated carbocycles. The molecule has 16 heavy (non-hydrogen) atoms. The van der Waals surface area contributed by atoms with Gasteiger partial charge in [-0.2, -0.15) is 13.2 Å². The predicted octanol–water partition coefficient (Wildman–Crippen LogP) is 1.61. The lowest BCUT2D eigenvalue weighted by Crippen LogP contribution is -2.13. The Morgan fingerprint density at radius 1 is 1.50 bits per heavy atom. The maximum absolute atomic E-state index is 12.2. The van der Waals surface area contributed by atoms with Crippen LogP contribution in [0, 0.1) is 4.64 Å². The van der Waals surface area contributed by atoms with Gasteiger partial charge in [-0.1, -0.05) is 12.2 Å². The SMILES string of the molecule is CS(=O)(=O)CCn1[nH]c(C(F)(F)F)cc1=S. The third-order valence-electron chi connectivity index (χ3n) is 1.78. The first-order valence-electron chi connectivity index (χ1n) is 4.14. The second kappa shape index (κ2) is 4.21. The number of hydrogen-bond acceptors (Lipinski definition) is 3. The lowest BCUT2D eigenvalue weighted by Gasteiger charge is -2.04. The number of aryl methyl sites for hydroxylation is 1. The van der Waals surface area contributed by atoms with Crippen LogP contribution in [0.4, 0.5) is 13.2 Å². The summed E-state index contributed by atoms with van der Waals surface area (Å²) >= 11 is 4.67. The smallest absolute Gasteiger partial charge is 0.293 e. The summed E-state index contributed by atoms with van der Waals surface area (Å²) in [6.07, 6.45) is -3.51. The van der Waals surface area contributed by atoms with E-state index in [2.05, 4.69) is 12.2 Å². The van der Waals surface area contributed by atoms with E-state index < -0.39 is 21.7 Å². The van der Waals surface area contributed by atoms with Gasteiger partial charge in [0.25, 0.3) is 0 Å². The Hall–Kier alpha value is -0.830. The molecule has 0 radical (unpaired) electrons. The zero-order valence-corrected chi connectivity index (χ0v) is 9.84. The Morgan fingerprint density at radius 3 is 2.44 bits per heavy atom. The minimum Gasteiger partial charge on any atom is -0.293 e. The molecule has 0 bridgehead atoms. The highest BCUT2D eigenvalue weighted by molar-refractivity contribution is 7.90. The molecule has 1 aromatic rings. The molecule has 0 atom stereocenters. The van der Waals surface area contributed by atoms with Crippen LogP contribution in [-0.4, -0.2) is 30.2 Å². The molecule has 0 fully saturated rings. The second-order valence-corrected chi connectivity index (χ2v) is 5.97. The van der Waals surface area contributed by atoms with Gasteiger partial charge in [0.2, 0.25) is 0 Å². The van der Waals surface area contributed by atoms with Crippen molar-refractivity contribution < 1.29 is 21.6 Å². The van der Waals surface area contributed by atoms with Crippen LogP contribution in [0.3, 0.4) is 0 Å². The number of nitrogens with one attached hydrogen (secondary N) is 1. The van der Waals surface area contributed by atoms with E-state index in [1.165, 1.54) is 0 Å². The molecular weight excluding hydrogens is 265 g/mol. The van der Waals surface area contributed by atoms with Gasteiger partial charge in [-0.05, 0) is 0 Å². The van der Waals surface area contributed by atoms with E-state index in [0.29, 0.717) is 0 Å². The molecule has 0 saturated heterocycles. The van der Waals surface area contributed by atoms with Crippen molar-refractivity contribution in [1.82, 2.24) is 9.78 Å². The summed E-state index contributed by atoms with van der Waals surface area (Å²) in [7, 11) is -3.23. The molecule has 0 amide bonds. The van der Waals surface area contributed by atoms with Gasteiger partial charge < -0.3 is 0 Å². The molecule has 0 unspecified atom stereocenters. The number of aromatic amines is 1. The summed E-state index contributed by atoms with van der Waals surface area (Å²) in [6.45, 7) is -0.117. The van der Waals surface area contributed by atoms with Crippen LogP contribution in [0.15, 0.2) is 6.07 Å². The number of alkyl halides is 3.